The van der Waals surface area contributed by atoms with Crippen molar-refractivity contribution in [2.45, 2.75) is 45.8 Å². The molecule has 1 N–H and O–H groups in total. The van der Waals surface area contributed by atoms with Crippen molar-refractivity contribution in [2.75, 3.05) is 5.33 Å². The van der Waals surface area contributed by atoms with Crippen LogP contribution in [-0.2, 0) is 0 Å². The number of rotatable bonds is 7. The molecule has 19 heavy (non-hydrogen) atoms. The molecule has 0 saturated heterocycles. The number of nitrogens with one attached hydrogen (secondary N) is 1. The van der Waals surface area contributed by atoms with E-state index in [1.165, 1.54) is 0 Å². The van der Waals surface area contributed by atoms with Crippen LogP contribution >= 0.6 is 15.9 Å². The first kappa shape index (κ1) is 16.0. The Labute approximate surface area is 123 Å². The molecule has 4 heteroatoms. The van der Waals surface area contributed by atoms with Crippen molar-refractivity contribution < 1.29 is 9.53 Å². The Bertz CT molecular complexity index is 407. The highest BCUT2D eigenvalue weighted by molar-refractivity contribution is 9.09. The molecule has 1 aromatic rings. The van der Waals surface area contributed by atoms with E-state index < -0.39 is 0 Å². The molecular weight excluding hydrogens is 306 g/mol. The van der Waals surface area contributed by atoms with Crippen molar-refractivity contribution in [3.05, 3.63) is 29.8 Å². The Balaban J connectivity index is 2.70. The Morgan fingerprint density at radius 2 is 2.16 bits per heavy atom. The number of hydrogen-bond acceptors (Lipinski definition) is 2. The molecule has 1 amide bonds. The van der Waals surface area contributed by atoms with Crippen LogP contribution in [0.1, 0.15) is 44.0 Å². The van der Waals surface area contributed by atoms with E-state index in [0.29, 0.717) is 5.56 Å². The van der Waals surface area contributed by atoms with Crippen LogP contribution in [0.25, 0.3) is 0 Å². The monoisotopic (exact) mass is 327 g/mol. The van der Waals surface area contributed by atoms with Crippen molar-refractivity contribution in [3.63, 3.8) is 0 Å². The smallest absolute Gasteiger partial charge is 0.251 e. The van der Waals surface area contributed by atoms with Crippen molar-refractivity contribution in [2.24, 2.45) is 0 Å². The van der Waals surface area contributed by atoms with Gasteiger partial charge in [-0.25, -0.2) is 0 Å². The molecule has 0 aromatic heterocycles. The van der Waals surface area contributed by atoms with Gasteiger partial charge in [0.1, 0.15) is 5.75 Å². The van der Waals surface area contributed by atoms with E-state index in [1.54, 1.807) is 6.07 Å². The summed E-state index contributed by atoms with van der Waals surface area (Å²) in [6.45, 7) is 6.01. The predicted molar refractivity (Wildman–Crippen MR) is 82.2 cm³/mol. The van der Waals surface area contributed by atoms with Gasteiger partial charge in [0.25, 0.3) is 5.91 Å². The number of benzene rings is 1. The average molecular weight is 328 g/mol. The first-order chi connectivity index (χ1) is 9.06. The molecule has 3 nitrogen and oxygen atoms in total. The summed E-state index contributed by atoms with van der Waals surface area (Å²) >= 11 is 3.40. The third-order valence-corrected chi connectivity index (χ3v) is 3.21. The Kier molecular flexibility index (Phi) is 6.92. The summed E-state index contributed by atoms with van der Waals surface area (Å²) in [7, 11) is 0. The van der Waals surface area contributed by atoms with Crippen molar-refractivity contribution >= 4 is 21.8 Å². The average Bonchev–Trinajstić information content (AvgIpc) is 2.37. The van der Waals surface area contributed by atoms with Crippen molar-refractivity contribution in [1.82, 2.24) is 5.32 Å². The van der Waals surface area contributed by atoms with E-state index in [2.05, 4.69) is 28.2 Å². The van der Waals surface area contributed by atoms with Gasteiger partial charge in [-0.2, -0.15) is 0 Å². The molecule has 0 fully saturated rings. The fourth-order valence-corrected chi connectivity index (χ4v) is 2.31. The van der Waals surface area contributed by atoms with Gasteiger partial charge in [-0.15, -0.1) is 0 Å². The molecule has 0 heterocycles. The summed E-state index contributed by atoms with van der Waals surface area (Å²) in [5.41, 5.74) is 0.645. The SMILES string of the molecule is CCC(CCBr)NC(=O)c1cccc(OC(C)C)c1. The predicted octanol–water partition coefficient (Wildman–Crippen LogP) is 3.77. The second-order valence-corrected chi connectivity index (χ2v) is 5.54. The zero-order valence-corrected chi connectivity index (χ0v) is 13.4. The molecule has 0 radical (unpaired) electrons. The maximum absolute atomic E-state index is 12.1. The van der Waals surface area contributed by atoms with Gasteiger partial charge in [-0.1, -0.05) is 28.9 Å². The van der Waals surface area contributed by atoms with E-state index in [1.807, 2.05) is 32.0 Å². The lowest BCUT2D eigenvalue weighted by molar-refractivity contribution is 0.0934. The fraction of sp³-hybridized carbons (Fsp3) is 0.533. The highest BCUT2D eigenvalue weighted by Crippen LogP contribution is 2.15. The maximum atomic E-state index is 12.1. The summed E-state index contributed by atoms with van der Waals surface area (Å²) < 4.78 is 5.60. The molecule has 1 unspecified atom stereocenters. The van der Waals surface area contributed by atoms with Crippen molar-refractivity contribution in [1.29, 1.82) is 0 Å². The number of ether oxygens (including phenoxy) is 1. The first-order valence-electron chi connectivity index (χ1n) is 6.70. The minimum Gasteiger partial charge on any atom is -0.491 e. The second kappa shape index (κ2) is 8.20. The molecule has 0 saturated carbocycles. The van der Waals surface area contributed by atoms with Gasteiger partial charge in [0.15, 0.2) is 0 Å². The number of amides is 1. The van der Waals surface area contributed by atoms with E-state index in [0.717, 1.165) is 23.9 Å². The van der Waals surface area contributed by atoms with Crippen LogP contribution in [0.4, 0.5) is 0 Å². The maximum Gasteiger partial charge on any atom is 0.251 e. The Morgan fingerprint density at radius 1 is 1.42 bits per heavy atom. The number of alkyl halides is 1. The van der Waals surface area contributed by atoms with Crippen LogP contribution in [0.15, 0.2) is 24.3 Å². The number of hydrogen-bond donors (Lipinski definition) is 1. The van der Waals surface area contributed by atoms with E-state index in [4.69, 9.17) is 4.74 Å². The Hall–Kier alpha value is -1.03. The number of halogens is 1. The summed E-state index contributed by atoms with van der Waals surface area (Å²) in [6, 6.07) is 7.52. The normalized spacial score (nSPS) is 12.3. The van der Waals surface area contributed by atoms with Crippen LogP contribution in [-0.4, -0.2) is 23.4 Å². The molecular formula is C15H22BrNO2. The van der Waals surface area contributed by atoms with Gasteiger partial charge in [0.2, 0.25) is 0 Å². The molecule has 1 rings (SSSR count). The largest absolute Gasteiger partial charge is 0.491 e. The van der Waals surface area contributed by atoms with Gasteiger partial charge in [0.05, 0.1) is 6.10 Å². The van der Waals surface area contributed by atoms with Crippen molar-refractivity contribution in [3.8, 4) is 5.75 Å². The van der Waals surface area contributed by atoms with Crippen LogP contribution in [0.3, 0.4) is 0 Å². The summed E-state index contributed by atoms with van der Waals surface area (Å²) in [5.74, 6) is 0.693. The Morgan fingerprint density at radius 3 is 2.74 bits per heavy atom. The van der Waals surface area contributed by atoms with Gasteiger partial charge in [-0.3, -0.25) is 4.79 Å². The van der Waals surface area contributed by atoms with Gasteiger partial charge >= 0.3 is 0 Å². The number of carbonyl (C=O) groups is 1. The summed E-state index contributed by atoms with van der Waals surface area (Å²) in [5, 5.41) is 3.93. The topological polar surface area (TPSA) is 38.3 Å². The van der Waals surface area contributed by atoms with Crippen LogP contribution in [0.2, 0.25) is 0 Å². The molecule has 0 aliphatic heterocycles. The second-order valence-electron chi connectivity index (χ2n) is 4.75. The molecule has 1 atom stereocenters. The highest BCUT2D eigenvalue weighted by atomic mass is 79.9. The standard InChI is InChI=1S/C15H22BrNO2/c1-4-13(8-9-16)17-15(18)12-6-5-7-14(10-12)19-11(2)3/h5-7,10-11,13H,4,8-9H2,1-3H3,(H,17,18). The molecule has 0 aliphatic carbocycles. The lowest BCUT2D eigenvalue weighted by Crippen LogP contribution is -2.34. The van der Waals surface area contributed by atoms with E-state index in [9.17, 15) is 4.79 Å². The molecule has 0 spiro atoms. The minimum absolute atomic E-state index is 0.0398. The molecule has 106 valence electrons. The van der Waals surface area contributed by atoms with Gasteiger partial charge in [0, 0.05) is 16.9 Å². The summed E-state index contributed by atoms with van der Waals surface area (Å²) in [4.78, 5) is 12.1. The third-order valence-electron chi connectivity index (χ3n) is 2.75. The minimum atomic E-state index is -0.0398. The number of carbonyl (C=O) groups excluding carboxylic acids is 1. The fourth-order valence-electron chi connectivity index (χ4n) is 1.76. The molecule has 1 aromatic carbocycles. The van der Waals surface area contributed by atoms with E-state index >= 15 is 0 Å². The summed E-state index contributed by atoms with van der Waals surface area (Å²) in [6.07, 6.45) is 1.97. The van der Waals surface area contributed by atoms with Gasteiger partial charge in [-0.05, 0) is 44.9 Å². The third kappa shape index (κ3) is 5.64. The zero-order chi connectivity index (χ0) is 14.3. The first-order valence-corrected chi connectivity index (χ1v) is 7.82. The quantitative estimate of drug-likeness (QED) is 0.774. The molecule has 0 aliphatic rings. The van der Waals surface area contributed by atoms with Crippen LogP contribution in [0, 0.1) is 0 Å². The zero-order valence-electron chi connectivity index (χ0n) is 11.8. The van der Waals surface area contributed by atoms with Crippen LogP contribution in [0.5, 0.6) is 5.75 Å². The van der Waals surface area contributed by atoms with Gasteiger partial charge < -0.3 is 10.1 Å². The molecule has 0 bridgehead atoms. The highest BCUT2D eigenvalue weighted by Gasteiger charge is 2.12. The lowest BCUT2D eigenvalue weighted by Gasteiger charge is -2.16. The van der Waals surface area contributed by atoms with E-state index in [-0.39, 0.29) is 18.1 Å². The van der Waals surface area contributed by atoms with Crippen LogP contribution < -0.4 is 10.1 Å². The lowest BCUT2D eigenvalue weighted by atomic mass is 10.1.